The Kier molecular flexibility index (Phi) is 12.0. The first kappa shape index (κ1) is 32.8. The first-order chi connectivity index (χ1) is 19.7. The Morgan fingerprint density at radius 1 is 0.951 bits per heavy atom. The molecule has 0 radical (unpaired) electrons. The molecule has 1 amide bonds. The van der Waals surface area contributed by atoms with Crippen molar-refractivity contribution in [2.75, 3.05) is 39.3 Å². The number of hydrogen-bond acceptors (Lipinski definition) is 5. The molecule has 5 N–H and O–H groups in total. The van der Waals surface area contributed by atoms with Crippen LogP contribution in [0, 0.1) is 46.3 Å². The summed E-state index contributed by atoms with van der Waals surface area (Å²) in [6, 6.07) is 0. The van der Waals surface area contributed by atoms with E-state index in [1.165, 1.54) is 51.4 Å². The van der Waals surface area contributed by atoms with Gasteiger partial charge in [-0.05, 0) is 111 Å². The van der Waals surface area contributed by atoms with Crippen LogP contribution < -0.4 is 21.7 Å². The number of nitrogens with two attached hydrogens (primary N) is 1. The van der Waals surface area contributed by atoms with E-state index >= 15 is 0 Å². The second-order valence-electron chi connectivity index (χ2n) is 15.1. The van der Waals surface area contributed by atoms with E-state index in [-0.39, 0.29) is 12.2 Å². The highest BCUT2D eigenvalue weighted by Gasteiger charge is 2.59. The van der Waals surface area contributed by atoms with Crippen LogP contribution in [0.2, 0.25) is 0 Å². The zero-order valence-corrected chi connectivity index (χ0v) is 27.2. The van der Waals surface area contributed by atoms with Gasteiger partial charge in [0.15, 0.2) is 0 Å². The van der Waals surface area contributed by atoms with Gasteiger partial charge in [-0.3, -0.25) is 0 Å². The highest BCUT2D eigenvalue weighted by atomic mass is 16.6. The summed E-state index contributed by atoms with van der Waals surface area (Å²) in [5.41, 5.74) is 7.91. The molecule has 0 aliphatic heterocycles. The van der Waals surface area contributed by atoms with Crippen molar-refractivity contribution in [3.8, 4) is 0 Å². The number of rotatable bonds is 15. The number of alkyl carbamates (subject to hydrolysis) is 1. The summed E-state index contributed by atoms with van der Waals surface area (Å²) >= 11 is 0. The molecular formula is C35H64N4O2. The van der Waals surface area contributed by atoms with E-state index in [1.807, 2.05) is 0 Å². The number of amides is 1. The van der Waals surface area contributed by atoms with Crippen LogP contribution in [-0.4, -0.2) is 51.5 Å². The predicted octanol–water partition coefficient (Wildman–Crippen LogP) is 6.65. The number of carbonyl (C=O) groups is 1. The Hall–Kier alpha value is -1.11. The van der Waals surface area contributed by atoms with Crippen LogP contribution in [-0.2, 0) is 4.74 Å². The molecule has 0 spiro atoms. The third-order valence-corrected chi connectivity index (χ3v) is 12.1. The molecule has 3 fully saturated rings. The van der Waals surface area contributed by atoms with E-state index in [9.17, 15) is 4.79 Å². The van der Waals surface area contributed by atoms with E-state index in [4.69, 9.17) is 10.5 Å². The van der Waals surface area contributed by atoms with Gasteiger partial charge < -0.3 is 26.4 Å². The monoisotopic (exact) mass is 573 g/mol. The molecule has 6 nitrogen and oxygen atoms in total. The van der Waals surface area contributed by atoms with Crippen molar-refractivity contribution in [1.82, 2.24) is 16.0 Å². The summed E-state index contributed by atoms with van der Waals surface area (Å²) in [5, 5.41) is 9.63. The molecule has 4 aliphatic carbocycles. The number of ether oxygens (including phenoxy) is 1. The molecule has 0 aromatic heterocycles. The molecule has 0 aromatic carbocycles. The van der Waals surface area contributed by atoms with E-state index < -0.39 is 0 Å². The molecular weight excluding hydrogens is 508 g/mol. The second kappa shape index (κ2) is 15.1. The standard InChI is InChI=1S/C35H64N4O2/c1-25(2)8-6-9-26(3)30-12-13-31-29-11-10-27-24-28(14-16-34(27,4)32(29)15-17-35(30,31)5)41-33(40)39-23-22-38-20-7-19-37-21-18-36/h10,25-26,28-32,37-38H,6-9,11-24,36H2,1-5H3,(H,39,40)/t26-,28+,29+,30-,31+,32+,34+,35-/m1/s1. The van der Waals surface area contributed by atoms with Gasteiger partial charge in [-0.15, -0.1) is 0 Å². The average molecular weight is 573 g/mol. The molecule has 0 unspecified atom stereocenters. The molecule has 0 bridgehead atoms. The summed E-state index contributed by atoms with van der Waals surface area (Å²) in [7, 11) is 0. The predicted molar refractivity (Wildman–Crippen MR) is 171 cm³/mol. The molecule has 236 valence electrons. The second-order valence-corrected chi connectivity index (χ2v) is 15.1. The van der Waals surface area contributed by atoms with Crippen molar-refractivity contribution in [2.24, 2.45) is 52.1 Å². The maximum Gasteiger partial charge on any atom is 0.407 e. The lowest BCUT2D eigenvalue weighted by Crippen LogP contribution is -2.51. The summed E-state index contributed by atoms with van der Waals surface area (Å²) < 4.78 is 5.93. The van der Waals surface area contributed by atoms with Crippen LogP contribution in [0.1, 0.15) is 112 Å². The minimum atomic E-state index is -0.257. The van der Waals surface area contributed by atoms with Crippen LogP contribution in [0.4, 0.5) is 4.79 Å². The number of carbonyl (C=O) groups excluding carboxylic acids is 1. The molecule has 4 rings (SSSR count). The minimum absolute atomic E-state index is 0.0175. The highest BCUT2D eigenvalue weighted by Crippen LogP contribution is 2.67. The third-order valence-electron chi connectivity index (χ3n) is 12.1. The van der Waals surface area contributed by atoms with Crippen molar-refractivity contribution in [2.45, 2.75) is 118 Å². The molecule has 4 aliphatic rings. The molecule has 0 aromatic rings. The molecule has 8 atom stereocenters. The number of nitrogens with one attached hydrogen (secondary N) is 3. The van der Waals surface area contributed by atoms with E-state index in [0.29, 0.717) is 23.9 Å². The molecule has 0 heterocycles. The fourth-order valence-electron chi connectivity index (χ4n) is 9.89. The Labute approximate surface area is 252 Å². The number of hydrogen-bond donors (Lipinski definition) is 4. The van der Waals surface area contributed by atoms with Gasteiger partial charge in [-0.2, -0.15) is 0 Å². The Bertz CT molecular complexity index is 861. The van der Waals surface area contributed by atoms with Crippen LogP contribution in [0.15, 0.2) is 11.6 Å². The van der Waals surface area contributed by atoms with Gasteiger partial charge in [0.2, 0.25) is 0 Å². The van der Waals surface area contributed by atoms with Gasteiger partial charge in [0, 0.05) is 32.6 Å². The largest absolute Gasteiger partial charge is 0.446 e. The fourth-order valence-corrected chi connectivity index (χ4v) is 9.89. The summed E-state index contributed by atoms with van der Waals surface area (Å²) in [6.07, 6.45) is 17.7. The van der Waals surface area contributed by atoms with Crippen molar-refractivity contribution >= 4 is 6.09 Å². The lowest BCUT2D eigenvalue weighted by molar-refractivity contribution is -0.0581. The normalized spacial score (nSPS) is 35.3. The van der Waals surface area contributed by atoms with Crippen LogP contribution in [0.25, 0.3) is 0 Å². The zero-order chi connectivity index (χ0) is 29.5. The molecule has 6 heteroatoms. The van der Waals surface area contributed by atoms with E-state index in [1.54, 1.807) is 5.57 Å². The van der Waals surface area contributed by atoms with Crippen LogP contribution >= 0.6 is 0 Å². The van der Waals surface area contributed by atoms with Gasteiger partial charge in [-0.25, -0.2) is 4.79 Å². The first-order valence-electron chi connectivity index (χ1n) is 17.4. The Morgan fingerprint density at radius 3 is 2.49 bits per heavy atom. The number of allylic oxidation sites excluding steroid dienone is 1. The SMILES string of the molecule is CC(C)CCC[C@@H](C)[C@H]1CC[C@H]2[C@@H]3CC=C4C[C@@H](OC(=O)NCCNCCCNCCN)CC[C@]4(C)[C@H]3CC[C@]12C. The van der Waals surface area contributed by atoms with Crippen molar-refractivity contribution in [3.05, 3.63) is 11.6 Å². The van der Waals surface area contributed by atoms with Crippen LogP contribution in [0.5, 0.6) is 0 Å². The van der Waals surface area contributed by atoms with Gasteiger partial charge in [0.05, 0.1) is 0 Å². The van der Waals surface area contributed by atoms with Gasteiger partial charge >= 0.3 is 6.09 Å². The van der Waals surface area contributed by atoms with Crippen molar-refractivity contribution < 1.29 is 9.53 Å². The number of fused-ring (bicyclic) bond motifs is 5. The smallest absolute Gasteiger partial charge is 0.407 e. The maximum absolute atomic E-state index is 12.5. The summed E-state index contributed by atoms with van der Waals surface area (Å²) in [5.74, 6) is 5.15. The highest BCUT2D eigenvalue weighted by molar-refractivity contribution is 5.67. The average Bonchev–Trinajstić information content (AvgIpc) is 3.29. The summed E-state index contributed by atoms with van der Waals surface area (Å²) in [4.78, 5) is 12.5. The topological polar surface area (TPSA) is 88.4 Å². The molecule has 41 heavy (non-hydrogen) atoms. The fraction of sp³-hybridized carbons (Fsp3) is 0.914. The Morgan fingerprint density at radius 2 is 1.73 bits per heavy atom. The quantitative estimate of drug-likeness (QED) is 0.130. The Balaban J connectivity index is 1.24. The van der Waals surface area contributed by atoms with E-state index in [2.05, 4.69) is 56.6 Å². The van der Waals surface area contributed by atoms with Crippen molar-refractivity contribution in [1.29, 1.82) is 0 Å². The van der Waals surface area contributed by atoms with Gasteiger partial charge in [0.25, 0.3) is 0 Å². The lowest BCUT2D eigenvalue weighted by atomic mass is 9.47. The molecule has 3 saturated carbocycles. The minimum Gasteiger partial charge on any atom is -0.446 e. The summed E-state index contributed by atoms with van der Waals surface area (Å²) in [6.45, 7) is 17.4. The zero-order valence-electron chi connectivity index (χ0n) is 27.2. The maximum atomic E-state index is 12.5. The van der Waals surface area contributed by atoms with Gasteiger partial charge in [-0.1, -0.05) is 65.5 Å². The third kappa shape index (κ3) is 7.89. The first-order valence-corrected chi connectivity index (χ1v) is 17.4. The molecule has 0 saturated heterocycles. The van der Waals surface area contributed by atoms with E-state index in [0.717, 1.165) is 87.4 Å². The van der Waals surface area contributed by atoms with Gasteiger partial charge in [0.1, 0.15) is 6.10 Å². The lowest BCUT2D eigenvalue weighted by Gasteiger charge is -2.58. The van der Waals surface area contributed by atoms with Crippen LogP contribution in [0.3, 0.4) is 0 Å². The van der Waals surface area contributed by atoms with Crippen molar-refractivity contribution in [3.63, 3.8) is 0 Å².